The van der Waals surface area contributed by atoms with Crippen LogP contribution < -0.4 is 11.1 Å². The fourth-order valence-corrected chi connectivity index (χ4v) is 3.84. The Morgan fingerprint density at radius 2 is 1.90 bits per heavy atom. The van der Waals surface area contributed by atoms with E-state index < -0.39 is 5.54 Å². The molecule has 160 valence electrons. The lowest BCUT2D eigenvalue weighted by molar-refractivity contribution is -0.132. The van der Waals surface area contributed by atoms with Gasteiger partial charge in [0.05, 0.1) is 6.54 Å². The highest BCUT2D eigenvalue weighted by Gasteiger charge is 2.39. The molecule has 0 saturated heterocycles. The van der Waals surface area contributed by atoms with Crippen molar-refractivity contribution in [3.8, 4) is 11.3 Å². The summed E-state index contributed by atoms with van der Waals surface area (Å²) in [5, 5.41) is 4.10. The summed E-state index contributed by atoms with van der Waals surface area (Å²) in [4.78, 5) is 18.9. The lowest BCUT2D eigenvalue weighted by atomic mass is 10.0. The van der Waals surface area contributed by atoms with Crippen LogP contribution in [0.4, 0.5) is 15.9 Å². The number of fused-ring (bicyclic) bond motifs is 1. The van der Waals surface area contributed by atoms with Gasteiger partial charge in [-0.15, -0.1) is 0 Å². The molecule has 0 saturated carbocycles. The maximum atomic E-state index is 13.5. The van der Waals surface area contributed by atoms with Crippen molar-refractivity contribution in [1.82, 2.24) is 14.5 Å². The number of amides is 1. The molecule has 0 bridgehead atoms. The van der Waals surface area contributed by atoms with Crippen molar-refractivity contribution in [2.24, 2.45) is 5.73 Å². The van der Waals surface area contributed by atoms with Crippen molar-refractivity contribution < 1.29 is 9.18 Å². The average Bonchev–Trinajstić information content (AvgIpc) is 3.10. The second kappa shape index (κ2) is 7.83. The van der Waals surface area contributed by atoms with Gasteiger partial charge in [-0.25, -0.2) is 9.37 Å². The zero-order valence-corrected chi connectivity index (χ0v) is 18.2. The summed E-state index contributed by atoms with van der Waals surface area (Å²) in [6, 6.07) is 11.8. The van der Waals surface area contributed by atoms with Crippen molar-refractivity contribution in [2.75, 3.05) is 11.9 Å². The number of nitrogens with two attached hydrogens (primary N) is 1. The molecule has 6 nitrogen and oxygen atoms in total. The number of hydrogen-bond donors (Lipinski definition) is 2. The van der Waals surface area contributed by atoms with Crippen LogP contribution in [0, 0.1) is 12.7 Å². The maximum Gasteiger partial charge on any atom is 0.241 e. The van der Waals surface area contributed by atoms with E-state index in [0.717, 1.165) is 16.8 Å². The van der Waals surface area contributed by atoms with Gasteiger partial charge >= 0.3 is 0 Å². The zero-order valence-electron chi connectivity index (χ0n) is 17.5. The number of nitrogens with one attached hydrogen (secondary N) is 1. The molecule has 0 fully saturated rings. The first kappa shape index (κ1) is 21.1. The third-order valence-electron chi connectivity index (χ3n) is 5.41. The molecule has 1 aliphatic rings. The number of benzene rings is 2. The summed E-state index contributed by atoms with van der Waals surface area (Å²) in [6.45, 7) is 5.65. The Balaban J connectivity index is 1.88. The smallest absolute Gasteiger partial charge is 0.241 e. The number of halogens is 2. The van der Waals surface area contributed by atoms with E-state index in [1.165, 1.54) is 12.1 Å². The molecule has 0 radical (unpaired) electrons. The minimum atomic E-state index is -0.740. The Morgan fingerprint density at radius 3 is 2.55 bits per heavy atom. The third kappa shape index (κ3) is 3.71. The Bertz CT molecular complexity index is 1180. The molecular weight excluding hydrogens is 417 g/mol. The lowest BCUT2D eigenvalue weighted by Crippen LogP contribution is -2.47. The molecule has 0 unspecified atom stereocenters. The Kier molecular flexibility index (Phi) is 5.33. The zero-order chi connectivity index (χ0) is 22.3. The second-order valence-corrected chi connectivity index (χ2v) is 8.33. The van der Waals surface area contributed by atoms with Crippen LogP contribution in [0.1, 0.15) is 25.2 Å². The summed E-state index contributed by atoms with van der Waals surface area (Å²) < 4.78 is 15.4. The summed E-state index contributed by atoms with van der Waals surface area (Å²) in [5.41, 5.74) is 8.02. The van der Waals surface area contributed by atoms with Crippen LogP contribution in [0.2, 0.25) is 5.02 Å². The van der Waals surface area contributed by atoms with Crippen LogP contribution in [-0.4, -0.2) is 26.9 Å². The van der Waals surface area contributed by atoms with E-state index in [4.69, 9.17) is 22.3 Å². The lowest BCUT2D eigenvalue weighted by Gasteiger charge is -2.38. The molecule has 1 amide bonds. The predicted octanol–water partition coefficient (Wildman–Crippen LogP) is 4.86. The maximum absolute atomic E-state index is 13.5. The summed E-state index contributed by atoms with van der Waals surface area (Å²) >= 11 is 6.18. The number of hydrogen-bond acceptors (Lipinski definition) is 4. The van der Waals surface area contributed by atoms with Gasteiger partial charge in [0.1, 0.15) is 28.7 Å². The topological polar surface area (TPSA) is 76.2 Å². The number of anilines is 2. The van der Waals surface area contributed by atoms with Crippen LogP contribution in [0.3, 0.4) is 0 Å². The van der Waals surface area contributed by atoms with E-state index in [2.05, 4.69) is 5.32 Å². The molecule has 2 heterocycles. The predicted molar refractivity (Wildman–Crippen MR) is 121 cm³/mol. The fraction of sp³-hybridized carbons (Fsp3) is 0.217. The van der Waals surface area contributed by atoms with Gasteiger partial charge in [-0.3, -0.25) is 9.36 Å². The molecule has 2 aromatic carbocycles. The Hall–Kier alpha value is -3.16. The number of aromatic nitrogens is 2. The van der Waals surface area contributed by atoms with E-state index in [1.54, 1.807) is 29.4 Å². The highest BCUT2D eigenvalue weighted by molar-refractivity contribution is 6.31. The highest BCUT2D eigenvalue weighted by atomic mass is 35.5. The average molecular weight is 440 g/mol. The van der Waals surface area contributed by atoms with E-state index in [0.29, 0.717) is 22.4 Å². The Morgan fingerprint density at radius 1 is 1.19 bits per heavy atom. The van der Waals surface area contributed by atoms with Gasteiger partial charge in [0.15, 0.2) is 0 Å². The van der Waals surface area contributed by atoms with Crippen molar-refractivity contribution in [1.29, 1.82) is 0 Å². The van der Waals surface area contributed by atoms with Crippen molar-refractivity contribution in [2.45, 2.75) is 26.3 Å². The Labute approximate surface area is 185 Å². The van der Waals surface area contributed by atoms with Crippen LogP contribution in [0.15, 0.2) is 48.7 Å². The van der Waals surface area contributed by atoms with Gasteiger partial charge in [0.2, 0.25) is 5.91 Å². The van der Waals surface area contributed by atoms with Gasteiger partial charge in [-0.1, -0.05) is 11.6 Å². The summed E-state index contributed by atoms with van der Waals surface area (Å²) in [7, 11) is 0. The van der Waals surface area contributed by atoms with Crippen molar-refractivity contribution in [3.63, 3.8) is 0 Å². The number of aryl methyl sites for hydroxylation is 1. The SMILES string of the molecule is Cc1cc(Nc2c(-c3ccc(F)cc3)nc3n2C=CN(C(=O)CN)C3(C)C)ccc1Cl. The highest BCUT2D eigenvalue weighted by Crippen LogP contribution is 2.40. The standard InChI is InChI=1S/C23H23ClFN5O/c1-14-12-17(8-9-18(14)24)27-21-20(15-4-6-16(25)7-5-15)28-22-23(2,3)30(19(31)13-26)11-10-29(21)22/h4-12,27H,13,26H2,1-3H3. The van der Waals surface area contributed by atoms with E-state index in [-0.39, 0.29) is 18.3 Å². The molecule has 0 spiro atoms. The number of imidazole rings is 1. The molecule has 1 aliphatic heterocycles. The molecule has 3 aromatic rings. The van der Waals surface area contributed by atoms with Crippen LogP contribution in [0.25, 0.3) is 17.5 Å². The number of nitrogens with zero attached hydrogens (tertiary/aromatic N) is 3. The molecule has 8 heteroatoms. The van der Waals surface area contributed by atoms with Gasteiger partial charge in [-0.2, -0.15) is 0 Å². The molecule has 31 heavy (non-hydrogen) atoms. The van der Waals surface area contributed by atoms with E-state index in [9.17, 15) is 9.18 Å². The third-order valence-corrected chi connectivity index (χ3v) is 5.83. The van der Waals surface area contributed by atoms with Crippen LogP contribution >= 0.6 is 11.6 Å². The van der Waals surface area contributed by atoms with Gasteiger partial charge in [0.25, 0.3) is 0 Å². The second-order valence-electron chi connectivity index (χ2n) is 7.92. The normalized spacial score (nSPS) is 14.5. The molecule has 0 atom stereocenters. The molecule has 3 N–H and O–H groups in total. The van der Waals surface area contributed by atoms with Crippen LogP contribution in [0.5, 0.6) is 0 Å². The minimum absolute atomic E-state index is 0.103. The van der Waals surface area contributed by atoms with Crippen molar-refractivity contribution >= 4 is 35.2 Å². The van der Waals surface area contributed by atoms with Gasteiger partial charge in [-0.05, 0) is 68.8 Å². The van der Waals surface area contributed by atoms with E-state index >= 15 is 0 Å². The first-order valence-electron chi connectivity index (χ1n) is 9.84. The van der Waals surface area contributed by atoms with Crippen LogP contribution in [-0.2, 0) is 10.3 Å². The summed E-state index contributed by atoms with van der Waals surface area (Å²) in [6.07, 6.45) is 3.48. The first-order chi connectivity index (χ1) is 14.7. The molecular formula is C23H23ClFN5O. The number of carbonyl (C=O) groups is 1. The quantitative estimate of drug-likeness (QED) is 0.608. The van der Waals surface area contributed by atoms with Crippen molar-refractivity contribution in [3.05, 3.63) is 70.9 Å². The molecule has 1 aromatic heterocycles. The molecule has 0 aliphatic carbocycles. The first-order valence-corrected chi connectivity index (χ1v) is 10.2. The largest absolute Gasteiger partial charge is 0.339 e. The van der Waals surface area contributed by atoms with Gasteiger partial charge < -0.3 is 16.0 Å². The fourth-order valence-electron chi connectivity index (χ4n) is 3.72. The minimum Gasteiger partial charge on any atom is -0.339 e. The number of rotatable bonds is 4. The summed E-state index contributed by atoms with van der Waals surface area (Å²) in [5.74, 6) is 0.828. The van der Waals surface area contributed by atoms with Gasteiger partial charge in [0, 0.05) is 28.7 Å². The number of carbonyl (C=O) groups excluding carboxylic acids is 1. The van der Waals surface area contributed by atoms with E-state index in [1.807, 2.05) is 43.5 Å². The molecule has 4 rings (SSSR count). The monoisotopic (exact) mass is 439 g/mol.